The van der Waals surface area contributed by atoms with Crippen LogP contribution >= 0.6 is 0 Å². The van der Waals surface area contributed by atoms with Gasteiger partial charge in [0.25, 0.3) is 0 Å². The minimum absolute atomic E-state index is 0.106. The number of hydrogen-bond acceptors (Lipinski definition) is 7. The molecule has 3 aromatic carbocycles. The first-order valence-corrected chi connectivity index (χ1v) is 11.4. The first kappa shape index (κ1) is 25.3. The molecule has 0 spiro atoms. The van der Waals surface area contributed by atoms with Crippen molar-refractivity contribution in [2.75, 3.05) is 24.4 Å². The minimum Gasteiger partial charge on any atom is -0.493 e. The first-order valence-electron chi connectivity index (χ1n) is 11.4. The molecule has 4 rings (SSSR count). The van der Waals surface area contributed by atoms with Crippen LogP contribution in [-0.2, 0) is 4.79 Å². The summed E-state index contributed by atoms with van der Waals surface area (Å²) in [5.41, 5.74) is 7.43. The topological polar surface area (TPSA) is 145 Å². The molecule has 37 heavy (non-hydrogen) atoms. The quantitative estimate of drug-likeness (QED) is 0.241. The highest BCUT2D eigenvalue weighted by atomic mass is 16.5. The fourth-order valence-electron chi connectivity index (χ4n) is 3.46. The maximum Gasteiger partial charge on any atom is 0.323 e. The lowest BCUT2D eigenvalue weighted by molar-refractivity contribution is -0.138. The van der Waals surface area contributed by atoms with Crippen LogP contribution < -0.4 is 30.6 Å². The van der Waals surface area contributed by atoms with E-state index in [1.54, 1.807) is 60.8 Å². The van der Waals surface area contributed by atoms with Crippen LogP contribution in [0.5, 0.6) is 23.0 Å². The number of nitrogens with one attached hydrogen (secondary N) is 2. The van der Waals surface area contributed by atoms with Gasteiger partial charge in [-0.2, -0.15) is 0 Å². The lowest BCUT2D eigenvalue weighted by Crippen LogP contribution is -2.31. The zero-order chi connectivity index (χ0) is 26.2. The van der Waals surface area contributed by atoms with Crippen molar-refractivity contribution in [2.45, 2.75) is 12.5 Å². The number of carbonyl (C=O) groups excluding carboxylic acids is 1. The number of rotatable bonds is 10. The van der Waals surface area contributed by atoms with E-state index in [0.29, 0.717) is 45.3 Å². The number of aliphatic carboxylic acids is 1. The number of carboxylic acid groups (broad SMARTS) is 1. The van der Waals surface area contributed by atoms with E-state index >= 15 is 0 Å². The summed E-state index contributed by atoms with van der Waals surface area (Å²) < 4.78 is 17.2. The van der Waals surface area contributed by atoms with E-state index in [-0.39, 0.29) is 19.1 Å². The van der Waals surface area contributed by atoms with Crippen LogP contribution in [0, 0.1) is 0 Å². The number of nitrogens with zero attached hydrogens (tertiary/aromatic N) is 1. The average molecular weight is 503 g/mol. The van der Waals surface area contributed by atoms with Crippen LogP contribution in [0.15, 0.2) is 79.0 Å². The number of carboxylic acids is 1. The number of benzene rings is 3. The Morgan fingerprint density at radius 3 is 2.32 bits per heavy atom. The molecule has 1 aromatic heterocycles. The summed E-state index contributed by atoms with van der Waals surface area (Å²) in [5.74, 6) is 0.880. The van der Waals surface area contributed by atoms with Gasteiger partial charge in [0.2, 0.25) is 0 Å². The van der Waals surface area contributed by atoms with Crippen molar-refractivity contribution in [3.8, 4) is 23.0 Å². The fraction of sp³-hybridized carbons (Fsp3) is 0.148. The van der Waals surface area contributed by atoms with Gasteiger partial charge in [-0.25, -0.2) is 4.79 Å². The third kappa shape index (κ3) is 6.65. The number of amides is 2. The number of fused-ring (bicyclic) bond motifs is 1. The molecule has 0 aliphatic carbocycles. The van der Waals surface area contributed by atoms with Crippen LogP contribution in [0.4, 0.5) is 16.2 Å². The SMILES string of the molecule is COc1cc2c(Oc3ccc(NC(=O)Nc4ccccc4)cc3)ccnc2cc1OCCC(N)C(=O)O. The molecule has 1 heterocycles. The van der Waals surface area contributed by atoms with Crippen molar-refractivity contribution in [1.82, 2.24) is 4.98 Å². The van der Waals surface area contributed by atoms with E-state index in [1.165, 1.54) is 7.11 Å². The second-order valence-electron chi connectivity index (χ2n) is 7.98. The van der Waals surface area contributed by atoms with Gasteiger partial charge in [-0.1, -0.05) is 18.2 Å². The van der Waals surface area contributed by atoms with E-state index in [4.69, 9.17) is 25.1 Å². The number of hydrogen-bond donors (Lipinski definition) is 4. The number of nitrogens with two attached hydrogens (primary N) is 1. The molecule has 0 aliphatic rings. The molecule has 4 aromatic rings. The summed E-state index contributed by atoms with van der Waals surface area (Å²) in [4.78, 5) is 27.5. The molecule has 10 nitrogen and oxygen atoms in total. The van der Waals surface area contributed by atoms with Crippen molar-refractivity contribution < 1.29 is 28.9 Å². The van der Waals surface area contributed by atoms with Gasteiger partial charge < -0.3 is 35.7 Å². The second kappa shape index (κ2) is 11.7. The van der Waals surface area contributed by atoms with Crippen molar-refractivity contribution in [2.24, 2.45) is 5.73 Å². The van der Waals surface area contributed by atoms with Gasteiger partial charge in [-0.3, -0.25) is 9.78 Å². The van der Waals surface area contributed by atoms with E-state index in [1.807, 2.05) is 18.2 Å². The number of pyridine rings is 1. The Morgan fingerprint density at radius 2 is 1.65 bits per heavy atom. The van der Waals surface area contributed by atoms with Gasteiger partial charge in [0, 0.05) is 35.4 Å². The Kier molecular flexibility index (Phi) is 8.01. The Labute approximate surface area is 213 Å². The number of aromatic nitrogens is 1. The van der Waals surface area contributed by atoms with E-state index < -0.39 is 12.0 Å². The third-order valence-corrected chi connectivity index (χ3v) is 5.36. The molecule has 0 bridgehead atoms. The fourth-order valence-corrected chi connectivity index (χ4v) is 3.46. The normalized spacial score (nSPS) is 11.4. The summed E-state index contributed by atoms with van der Waals surface area (Å²) in [7, 11) is 1.51. The molecule has 5 N–H and O–H groups in total. The maximum absolute atomic E-state index is 12.2. The zero-order valence-electron chi connectivity index (χ0n) is 20.0. The molecule has 2 amide bonds. The molecule has 0 saturated heterocycles. The lowest BCUT2D eigenvalue weighted by atomic mass is 10.1. The molecule has 1 unspecified atom stereocenters. The lowest BCUT2D eigenvalue weighted by Gasteiger charge is -2.15. The maximum atomic E-state index is 12.2. The van der Waals surface area contributed by atoms with Gasteiger partial charge in [0.15, 0.2) is 11.5 Å². The Balaban J connectivity index is 1.45. The Bertz CT molecular complexity index is 1380. The average Bonchev–Trinajstić information content (AvgIpc) is 2.90. The number of para-hydroxylation sites is 1. The van der Waals surface area contributed by atoms with Gasteiger partial charge in [-0.05, 0) is 48.5 Å². The largest absolute Gasteiger partial charge is 0.493 e. The van der Waals surface area contributed by atoms with Crippen LogP contribution in [0.2, 0.25) is 0 Å². The van der Waals surface area contributed by atoms with E-state index in [9.17, 15) is 9.59 Å². The van der Waals surface area contributed by atoms with E-state index in [0.717, 1.165) is 0 Å². The minimum atomic E-state index is -1.09. The number of ether oxygens (including phenoxy) is 3. The standard InChI is InChI=1S/C27H26N4O6/c1-35-24-15-20-22(16-25(24)36-14-12-21(28)26(32)33)29-13-11-23(20)37-19-9-7-18(8-10-19)31-27(34)30-17-5-3-2-4-6-17/h2-11,13,15-16,21H,12,14,28H2,1H3,(H,32,33)(H2,30,31,34). The highest BCUT2D eigenvalue weighted by Gasteiger charge is 2.15. The van der Waals surface area contributed by atoms with Gasteiger partial charge in [0.05, 0.1) is 19.2 Å². The second-order valence-corrected chi connectivity index (χ2v) is 7.98. The summed E-state index contributed by atoms with van der Waals surface area (Å²) in [6.45, 7) is 0.106. The number of methoxy groups -OCH3 is 1. The summed E-state index contributed by atoms with van der Waals surface area (Å²) >= 11 is 0. The van der Waals surface area contributed by atoms with Crippen LogP contribution in [0.3, 0.4) is 0 Å². The predicted molar refractivity (Wildman–Crippen MR) is 140 cm³/mol. The van der Waals surface area contributed by atoms with Crippen LogP contribution in [0.25, 0.3) is 10.9 Å². The molecule has 0 fully saturated rings. The number of anilines is 2. The van der Waals surface area contributed by atoms with Crippen molar-refractivity contribution >= 4 is 34.3 Å². The first-order chi connectivity index (χ1) is 17.9. The Morgan fingerprint density at radius 1 is 0.946 bits per heavy atom. The highest BCUT2D eigenvalue weighted by molar-refractivity contribution is 5.99. The molecule has 0 saturated carbocycles. The summed E-state index contributed by atoms with van der Waals surface area (Å²) in [5, 5.41) is 15.2. The van der Waals surface area contributed by atoms with Crippen LogP contribution in [-0.4, -0.2) is 41.8 Å². The predicted octanol–water partition coefficient (Wildman–Crippen LogP) is 4.86. The van der Waals surface area contributed by atoms with Gasteiger partial charge >= 0.3 is 12.0 Å². The van der Waals surface area contributed by atoms with E-state index in [2.05, 4.69) is 15.6 Å². The molecular formula is C27H26N4O6. The summed E-state index contributed by atoms with van der Waals surface area (Å²) in [6, 6.07) is 19.9. The van der Waals surface area contributed by atoms with Gasteiger partial charge in [-0.15, -0.1) is 0 Å². The zero-order valence-corrected chi connectivity index (χ0v) is 20.0. The molecule has 0 aliphatic heterocycles. The molecule has 10 heteroatoms. The summed E-state index contributed by atoms with van der Waals surface area (Å²) in [6.07, 6.45) is 1.75. The third-order valence-electron chi connectivity index (χ3n) is 5.36. The smallest absolute Gasteiger partial charge is 0.323 e. The van der Waals surface area contributed by atoms with Crippen molar-refractivity contribution in [3.05, 3.63) is 79.0 Å². The molecule has 0 radical (unpaired) electrons. The highest BCUT2D eigenvalue weighted by Crippen LogP contribution is 2.37. The molecule has 190 valence electrons. The van der Waals surface area contributed by atoms with Crippen molar-refractivity contribution in [1.29, 1.82) is 0 Å². The van der Waals surface area contributed by atoms with Crippen LogP contribution in [0.1, 0.15) is 6.42 Å². The number of carbonyl (C=O) groups is 2. The molecule has 1 atom stereocenters. The number of urea groups is 1. The van der Waals surface area contributed by atoms with Gasteiger partial charge in [0.1, 0.15) is 17.5 Å². The molecular weight excluding hydrogens is 476 g/mol. The van der Waals surface area contributed by atoms with Crippen molar-refractivity contribution in [3.63, 3.8) is 0 Å². The monoisotopic (exact) mass is 502 g/mol. The Hall–Kier alpha value is -4.83.